The summed E-state index contributed by atoms with van der Waals surface area (Å²) in [6.07, 6.45) is 1.73. The standard InChI is InChI=1S/C16H26N6O2S/c1-12-16(13(2)20(5)18-12)25(23,24)21-9-14(8-19(3)4)10-22-15(11-21)6-7-17-22/h6-7,14H,8-11H2,1-5H3. The smallest absolute Gasteiger partial charge is 0.247 e. The van der Waals surface area contributed by atoms with Gasteiger partial charge in [0.1, 0.15) is 4.90 Å². The van der Waals surface area contributed by atoms with Crippen molar-refractivity contribution in [3.8, 4) is 0 Å². The zero-order chi connectivity index (χ0) is 18.4. The van der Waals surface area contributed by atoms with Crippen molar-refractivity contribution in [3.63, 3.8) is 0 Å². The summed E-state index contributed by atoms with van der Waals surface area (Å²) in [7, 11) is 2.15. The third kappa shape index (κ3) is 3.36. The lowest BCUT2D eigenvalue weighted by molar-refractivity contribution is 0.261. The molecule has 2 aromatic heterocycles. The molecule has 0 saturated heterocycles. The topological polar surface area (TPSA) is 76.3 Å². The van der Waals surface area contributed by atoms with E-state index in [2.05, 4.69) is 15.1 Å². The van der Waals surface area contributed by atoms with Crippen LogP contribution in [0, 0.1) is 19.8 Å². The van der Waals surface area contributed by atoms with Crippen LogP contribution in [0.25, 0.3) is 0 Å². The molecule has 1 aliphatic heterocycles. The second-order valence-electron chi connectivity index (χ2n) is 7.05. The molecule has 0 aliphatic carbocycles. The highest BCUT2D eigenvalue weighted by atomic mass is 32.2. The van der Waals surface area contributed by atoms with E-state index >= 15 is 0 Å². The fourth-order valence-corrected chi connectivity index (χ4v) is 5.45. The van der Waals surface area contributed by atoms with Crippen LogP contribution in [0.3, 0.4) is 0 Å². The molecule has 9 heteroatoms. The lowest BCUT2D eigenvalue weighted by Crippen LogP contribution is -2.37. The molecule has 1 atom stereocenters. The molecule has 0 N–H and O–H groups in total. The van der Waals surface area contributed by atoms with Crippen molar-refractivity contribution in [2.75, 3.05) is 27.2 Å². The number of hydrogen-bond donors (Lipinski definition) is 0. The predicted octanol–water partition coefficient (Wildman–Crippen LogP) is 0.616. The molecule has 2 aromatic rings. The van der Waals surface area contributed by atoms with Crippen molar-refractivity contribution in [1.82, 2.24) is 28.8 Å². The van der Waals surface area contributed by atoms with Gasteiger partial charge in [0.15, 0.2) is 0 Å². The van der Waals surface area contributed by atoms with Crippen molar-refractivity contribution in [2.24, 2.45) is 13.0 Å². The van der Waals surface area contributed by atoms with Crippen molar-refractivity contribution < 1.29 is 8.42 Å². The Morgan fingerprint density at radius 3 is 2.60 bits per heavy atom. The molecule has 0 spiro atoms. The molecule has 138 valence electrons. The first-order valence-electron chi connectivity index (χ1n) is 8.36. The second-order valence-corrected chi connectivity index (χ2v) is 8.93. The van der Waals surface area contributed by atoms with E-state index in [1.165, 1.54) is 0 Å². The highest BCUT2D eigenvalue weighted by Gasteiger charge is 2.34. The Hall–Kier alpha value is -1.71. The minimum Gasteiger partial charge on any atom is -0.309 e. The Kier molecular flexibility index (Phi) is 4.74. The molecule has 1 aliphatic rings. The summed E-state index contributed by atoms with van der Waals surface area (Å²) in [5.41, 5.74) is 2.13. The Labute approximate surface area is 149 Å². The molecule has 0 fully saturated rings. The van der Waals surface area contributed by atoms with Crippen LogP contribution >= 0.6 is 0 Å². The quantitative estimate of drug-likeness (QED) is 0.793. The first-order chi connectivity index (χ1) is 11.7. The van der Waals surface area contributed by atoms with Gasteiger partial charge in [-0.3, -0.25) is 9.36 Å². The minimum atomic E-state index is -3.62. The molecular weight excluding hydrogens is 340 g/mol. The van der Waals surface area contributed by atoms with Crippen molar-refractivity contribution in [3.05, 3.63) is 29.3 Å². The second kappa shape index (κ2) is 6.54. The Morgan fingerprint density at radius 2 is 2.00 bits per heavy atom. The first kappa shape index (κ1) is 18.1. The summed E-state index contributed by atoms with van der Waals surface area (Å²) in [5, 5.41) is 8.64. The molecule has 8 nitrogen and oxygen atoms in total. The summed E-state index contributed by atoms with van der Waals surface area (Å²) in [4.78, 5) is 2.41. The summed E-state index contributed by atoms with van der Waals surface area (Å²) in [5.74, 6) is 0.170. The van der Waals surface area contributed by atoms with Crippen molar-refractivity contribution >= 4 is 10.0 Å². The molecule has 0 amide bonds. The molecule has 3 heterocycles. The van der Waals surface area contributed by atoms with Gasteiger partial charge >= 0.3 is 0 Å². The Morgan fingerprint density at radius 1 is 1.28 bits per heavy atom. The number of rotatable bonds is 4. The van der Waals surface area contributed by atoms with Crippen LogP contribution in [0.15, 0.2) is 17.2 Å². The van der Waals surface area contributed by atoms with Gasteiger partial charge in [-0.05, 0) is 34.0 Å². The maximum atomic E-state index is 13.4. The largest absolute Gasteiger partial charge is 0.309 e. The zero-order valence-electron chi connectivity index (χ0n) is 15.5. The van der Waals surface area contributed by atoms with E-state index in [1.54, 1.807) is 36.1 Å². The van der Waals surface area contributed by atoms with Crippen LogP contribution in [0.1, 0.15) is 17.1 Å². The van der Waals surface area contributed by atoms with Crippen LogP contribution in [0.2, 0.25) is 0 Å². The average molecular weight is 366 g/mol. The van der Waals surface area contributed by atoms with Crippen LogP contribution < -0.4 is 0 Å². The predicted molar refractivity (Wildman–Crippen MR) is 94.5 cm³/mol. The van der Waals surface area contributed by atoms with E-state index < -0.39 is 10.0 Å². The number of fused-ring (bicyclic) bond motifs is 1. The summed E-state index contributed by atoms with van der Waals surface area (Å²) < 4.78 is 31.9. The molecule has 1 unspecified atom stereocenters. The average Bonchev–Trinajstić information content (AvgIpc) is 2.97. The lowest BCUT2D eigenvalue weighted by Gasteiger charge is -2.25. The number of hydrogen-bond acceptors (Lipinski definition) is 5. The summed E-state index contributed by atoms with van der Waals surface area (Å²) in [6, 6.07) is 1.89. The fourth-order valence-electron chi connectivity index (χ4n) is 3.57. The van der Waals surface area contributed by atoms with Crippen LogP contribution in [-0.4, -0.2) is 64.4 Å². The van der Waals surface area contributed by atoms with Gasteiger partial charge in [-0.1, -0.05) is 0 Å². The van der Waals surface area contributed by atoms with E-state index in [0.717, 1.165) is 18.8 Å². The van der Waals surface area contributed by atoms with Gasteiger partial charge in [-0.15, -0.1) is 0 Å². The van der Waals surface area contributed by atoms with Gasteiger partial charge in [-0.25, -0.2) is 8.42 Å². The number of sulfonamides is 1. The third-order valence-electron chi connectivity index (χ3n) is 4.70. The molecular formula is C16H26N6O2S. The highest BCUT2D eigenvalue weighted by molar-refractivity contribution is 7.89. The van der Waals surface area contributed by atoms with Crippen LogP contribution in [-0.2, 0) is 30.2 Å². The highest BCUT2D eigenvalue weighted by Crippen LogP contribution is 2.27. The van der Waals surface area contributed by atoms with E-state index in [4.69, 9.17) is 0 Å². The van der Waals surface area contributed by atoms with Gasteiger partial charge in [0.2, 0.25) is 10.0 Å². The molecule has 0 saturated carbocycles. The lowest BCUT2D eigenvalue weighted by atomic mass is 10.1. The van der Waals surface area contributed by atoms with E-state index in [9.17, 15) is 8.42 Å². The van der Waals surface area contributed by atoms with Gasteiger partial charge in [0, 0.05) is 38.8 Å². The molecule has 0 radical (unpaired) electrons. The van der Waals surface area contributed by atoms with Gasteiger partial charge in [0.05, 0.1) is 23.6 Å². The summed E-state index contributed by atoms with van der Waals surface area (Å²) >= 11 is 0. The molecule has 0 bridgehead atoms. The molecule has 25 heavy (non-hydrogen) atoms. The monoisotopic (exact) mass is 366 g/mol. The van der Waals surface area contributed by atoms with E-state index in [1.807, 2.05) is 24.8 Å². The van der Waals surface area contributed by atoms with Gasteiger partial charge in [-0.2, -0.15) is 14.5 Å². The number of aromatic nitrogens is 4. The number of nitrogens with zero attached hydrogens (tertiary/aromatic N) is 6. The SMILES string of the molecule is Cc1nn(C)c(C)c1S(=O)(=O)N1Cc2ccnn2CC(CN(C)C)C1. The normalized spacial score (nSPS) is 19.2. The Bertz CT molecular complexity index is 867. The van der Waals surface area contributed by atoms with Gasteiger partial charge < -0.3 is 4.90 Å². The molecule has 3 rings (SSSR count). The van der Waals surface area contributed by atoms with Crippen molar-refractivity contribution in [1.29, 1.82) is 0 Å². The minimum absolute atomic E-state index is 0.170. The molecule has 0 aromatic carbocycles. The summed E-state index contributed by atoms with van der Waals surface area (Å²) in [6.45, 7) is 5.87. The zero-order valence-corrected chi connectivity index (χ0v) is 16.3. The maximum absolute atomic E-state index is 13.4. The number of aryl methyl sites for hydroxylation is 2. The van der Waals surface area contributed by atoms with Crippen LogP contribution in [0.5, 0.6) is 0 Å². The Balaban J connectivity index is 2.02. The third-order valence-corrected chi connectivity index (χ3v) is 6.76. The van der Waals surface area contributed by atoms with E-state index in [0.29, 0.717) is 29.4 Å². The first-order valence-corrected chi connectivity index (χ1v) is 9.80. The van der Waals surface area contributed by atoms with Crippen molar-refractivity contribution in [2.45, 2.75) is 31.8 Å². The fraction of sp³-hybridized carbons (Fsp3) is 0.625. The van der Waals surface area contributed by atoms with E-state index in [-0.39, 0.29) is 5.92 Å². The van der Waals surface area contributed by atoms with Gasteiger partial charge in [0.25, 0.3) is 0 Å². The van der Waals surface area contributed by atoms with Crippen LogP contribution in [0.4, 0.5) is 0 Å². The maximum Gasteiger partial charge on any atom is 0.247 e.